The zero-order valence-corrected chi connectivity index (χ0v) is 50.0. The highest BCUT2D eigenvalue weighted by molar-refractivity contribution is 7.15. The molecule has 5 amide bonds. The topological polar surface area (TPSA) is 380 Å². The van der Waals surface area contributed by atoms with Crippen LogP contribution in [0.15, 0.2) is 93.6 Å². The number of phenolic OH excluding ortho intramolecular Hbond substituents is 1. The van der Waals surface area contributed by atoms with Crippen molar-refractivity contribution in [3.63, 3.8) is 0 Å². The smallest absolute Gasteiger partial charge is 0.271 e. The van der Waals surface area contributed by atoms with Gasteiger partial charge in [-0.2, -0.15) is 0 Å². The summed E-state index contributed by atoms with van der Waals surface area (Å²) in [6.07, 6.45) is -3.14. The molecule has 10 rings (SSSR count). The molecule has 85 heavy (non-hydrogen) atoms. The minimum Gasteiger partial charge on any atom is -0.508 e. The van der Waals surface area contributed by atoms with Crippen LogP contribution in [0, 0.1) is 12.8 Å². The summed E-state index contributed by atoms with van der Waals surface area (Å²) in [6.45, 7) is 4.28. The van der Waals surface area contributed by atoms with Gasteiger partial charge in [-0.05, 0) is 42.3 Å². The normalized spacial score (nSPS) is 17.9. The molecule has 9 aromatic rings. The van der Waals surface area contributed by atoms with Crippen molar-refractivity contribution < 1.29 is 44.1 Å². The number of fused-ring (bicyclic) bond motifs is 14. The van der Waals surface area contributed by atoms with E-state index in [4.69, 9.17) is 37.1 Å². The quantitative estimate of drug-likeness (QED) is 0.0550. The van der Waals surface area contributed by atoms with E-state index in [9.17, 15) is 44.1 Å². The van der Waals surface area contributed by atoms with Crippen LogP contribution in [-0.2, 0) is 16.0 Å². The molecule has 29 heteroatoms. The van der Waals surface area contributed by atoms with Crippen LogP contribution in [-0.4, -0.2) is 117 Å². The molecule has 0 radical (unpaired) electrons. The van der Waals surface area contributed by atoms with Crippen molar-refractivity contribution in [2.45, 2.75) is 69.4 Å². The van der Waals surface area contributed by atoms with E-state index in [1.807, 2.05) is 0 Å². The van der Waals surface area contributed by atoms with E-state index in [1.54, 1.807) is 79.2 Å². The molecule has 8 heterocycles. The Bertz CT molecular complexity index is 3920. The summed E-state index contributed by atoms with van der Waals surface area (Å²) in [6, 6.07) is 14.9. The Hall–Kier alpha value is -7.97. The number of carbonyl (C=O) groups excluding carboxylic acids is 6. The molecule has 23 nitrogen and oxygen atoms in total. The first-order valence-electron chi connectivity index (χ1n) is 26.3. The average Bonchev–Trinajstić information content (AvgIpc) is 3.73. The van der Waals surface area contributed by atoms with E-state index in [0.29, 0.717) is 77.5 Å². The number of hydrogen-bond acceptors (Lipinski definition) is 24. The fraction of sp³-hybridized carbons (Fsp3) is 0.268. The third kappa shape index (κ3) is 13.9. The van der Waals surface area contributed by atoms with Gasteiger partial charge in [0.15, 0.2) is 5.78 Å². The number of nitrogens with one attached hydrogen (secondary N) is 4. The Morgan fingerprint density at radius 2 is 1.33 bits per heavy atom. The minimum atomic E-state index is -1.31. The Kier molecular flexibility index (Phi) is 18.8. The number of pyridine rings is 1. The number of nitrogens with two attached hydrogens (primary N) is 3. The second kappa shape index (κ2) is 26.5. The maximum Gasteiger partial charge on any atom is 0.271 e. The van der Waals surface area contributed by atoms with Crippen molar-refractivity contribution in [2.75, 3.05) is 19.6 Å². The average molecular weight is 1260 g/mol. The molecule has 7 atom stereocenters. The van der Waals surface area contributed by atoms with Crippen LogP contribution in [0.3, 0.4) is 0 Å². The Morgan fingerprint density at radius 1 is 0.682 bits per heavy atom. The van der Waals surface area contributed by atoms with Crippen LogP contribution < -0.4 is 38.5 Å². The van der Waals surface area contributed by atoms with Crippen LogP contribution in [0.4, 0.5) is 0 Å². The number of benzene rings is 2. The number of ketones is 1. The lowest BCUT2D eigenvalue weighted by atomic mass is 9.90. The monoisotopic (exact) mass is 1260 g/mol. The van der Waals surface area contributed by atoms with Gasteiger partial charge in [0.1, 0.15) is 76.7 Å². The van der Waals surface area contributed by atoms with Crippen LogP contribution in [0.1, 0.15) is 117 Å². The van der Waals surface area contributed by atoms with E-state index in [0.717, 1.165) is 45.3 Å². The first-order chi connectivity index (χ1) is 40.9. The number of carbonyl (C=O) groups is 6. The number of thiazole rings is 6. The molecule has 2 aromatic carbocycles. The lowest BCUT2D eigenvalue weighted by Gasteiger charge is -2.29. The number of rotatable bonds is 14. The third-order valence-corrected chi connectivity index (χ3v) is 19.4. The number of Topliss-reactive ketones (excluding diaryl/α,β-unsaturated/α-hetero) is 1. The highest BCUT2D eigenvalue weighted by Crippen LogP contribution is 2.41. The SMILES string of the molecule is Cc1sc2nc1C(=O)C[C@@H]([C@H](O)c1ccccc1)c1nc(cs1)C(=O)N[C@@H](Cc1ccc(O)cc1)C(=O)N[C@@H]([C@@H](C)[C@@H](O)CNCCN)c1nc(cs1)-c1nc(cs1)-c1nc(-c3nc(C(N)=O)cs3)ccc1-c1nc(cs1)C(=O)N[C@H]2CC(N)=O. The molecule has 0 aliphatic carbocycles. The van der Waals surface area contributed by atoms with E-state index in [-0.39, 0.29) is 64.3 Å². The minimum absolute atomic E-state index is 0.0116. The van der Waals surface area contributed by atoms with Gasteiger partial charge in [0.2, 0.25) is 11.8 Å². The number of aromatic nitrogens is 7. The number of aliphatic hydroxyl groups is 2. The molecule has 0 saturated heterocycles. The summed E-state index contributed by atoms with van der Waals surface area (Å²) in [5.74, 6) is -5.78. The summed E-state index contributed by atoms with van der Waals surface area (Å²) in [5.41, 5.74) is 20.1. The van der Waals surface area contributed by atoms with Gasteiger partial charge in [0, 0.05) is 81.7 Å². The van der Waals surface area contributed by atoms with Crippen LogP contribution >= 0.6 is 68.0 Å². The summed E-state index contributed by atoms with van der Waals surface area (Å²) >= 11 is 6.89. The molecule has 0 saturated carbocycles. The number of primary amides is 2. The third-order valence-electron chi connectivity index (χ3n) is 13.8. The van der Waals surface area contributed by atoms with Gasteiger partial charge in [-0.15, -0.1) is 68.0 Å². The first-order valence-corrected chi connectivity index (χ1v) is 31.5. The van der Waals surface area contributed by atoms with Crippen molar-refractivity contribution in [3.8, 4) is 49.1 Å². The van der Waals surface area contributed by atoms with Crippen molar-refractivity contribution in [1.29, 1.82) is 0 Å². The van der Waals surface area contributed by atoms with Crippen molar-refractivity contribution in [3.05, 3.63) is 147 Å². The number of aromatic hydroxyl groups is 1. The highest BCUT2D eigenvalue weighted by atomic mass is 32.1. The van der Waals surface area contributed by atoms with E-state index in [2.05, 4.69) is 36.2 Å². The lowest BCUT2D eigenvalue weighted by Crippen LogP contribution is -2.51. The Morgan fingerprint density at radius 3 is 2.06 bits per heavy atom. The van der Waals surface area contributed by atoms with E-state index >= 15 is 0 Å². The zero-order valence-electron chi connectivity index (χ0n) is 45.1. The predicted molar refractivity (Wildman–Crippen MR) is 324 cm³/mol. The Balaban J connectivity index is 1.09. The summed E-state index contributed by atoms with van der Waals surface area (Å²) < 4.78 is 0. The molecule has 10 bridgehead atoms. The van der Waals surface area contributed by atoms with Gasteiger partial charge in [-0.25, -0.2) is 34.9 Å². The maximum atomic E-state index is 15.0. The number of phenols is 1. The molecule has 1 aliphatic heterocycles. The van der Waals surface area contributed by atoms with Gasteiger partial charge in [-0.3, -0.25) is 28.8 Å². The number of hydrogen-bond donors (Lipinski definition) is 10. The van der Waals surface area contributed by atoms with Gasteiger partial charge < -0.3 is 53.8 Å². The van der Waals surface area contributed by atoms with Gasteiger partial charge in [0.05, 0.1) is 41.4 Å². The molecule has 0 unspecified atom stereocenters. The lowest BCUT2D eigenvalue weighted by molar-refractivity contribution is -0.124. The summed E-state index contributed by atoms with van der Waals surface area (Å²) in [5, 5.41) is 55.9. The summed E-state index contributed by atoms with van der Waals surface area (Å²) in [4.78, 5) is 117. The number of aliphatic hydroxyl groups excluding tert-OH is 2. The van der Waals surface area contributed by atoms with Crippen LogP contribution in [0.5, 0.6) is 5.75 Å². The Labute approximate surface area is 508 Å². The molecular weight excluding hydrogens is 1210 g/mol. The van der Waals surface area contributed by atoms with Crippen molar-refractivity contribution in [2.24, 2.45) is 23.1 Å². The van der Waals surface area contributed by atoms with Gasteiger partial charge in [-0.1, -0.05) is 49.4 Å². The number of aryl methyl sites for hydroxylation is 1. The van der Waals surface area contributed by atoms with Crippen LogP contribution in [0.2, 0.25) is 0 Å². The number of nitrogens with zero attached hydrogens (tertiary/aromatic N) is 7. The molecule has 0 fully saturated rings. The largest absolute Gasteiger partial charge is 0.508 e. The van der Waals surface area contributed by atoms with Crippen molar-refractivity contribution in [1.82, 2.24) is 56.2 Å². The molecular formula is C56H54N14O9S6. The van der Waals surface area contributed by atoms with E-state index < -0.39 is 77.5 Å². The molecule has 438 valence electrons. The first kappa shape index (κ1) is 60.2. The second-order valence-electron chi connectivity index (χ2n) is 19.8. The van der Waals surface area contributed by atoms with E-state index in [1.165, 1.54) is 50.9 Å². The molecule has 1 aliphatic rings. The summed E-state index contributed by atoms with van der Waals surface area (Å²) in [7, 11) is 0. The molecule has 0 spiro atoms. The fourth-order valence-corrected chi connectivity index (χ4v) is 14.6. The number of amides is 5. The van der Waals surface area contributed by atoms with Crippen LogP contribution in [0.25, 0.3) is 43.4 Å². The van der Waals surface area contributed by atoms with Gasteiger partial charge in [0.25, 0.3) is 17.7 Å². The molecule has 13 N–H and O–H groups in total. The van der Waals surface area contributed by atoms with Crippen molar-refractivity contribution >= 4 is 103 Å². The highest BCUT2D eigenvalue weighted by Gasteiger charge is 2.36. The second-order valence-corrected chi connectivity index (χ2v) is 25.3. The maximum absolute atomic E-state index is 15.0. The zero-order chi connectivity index (χ0) is 60.1. The molecule has 7 aromatic heterocycles. The fourth-order valence-electron chi connectivity index (χ4n) is 9.26. The predicted octanol–water partition coefficient (Wildman–Crippen LogP) is 6.10. The van der Waals surface area contributed by atoms with Gasteiger partial charge >= 0.3 is 0 Å². The standard InChI is InChI=1S/C56H54N14O9S6/c1-25(41(73)19-60-15-14-57)43-56-68-39(24-84-56)54-64-35(20-82-54)45-30(12-13-32(61-45)53-65-36(21-83-53)47(59)76)51-66-38(22-80-51)50(79)63-34(18-42(58)74)55-70-44(26(2)85-55)40(72)17-31(46(75)28-6-4-3-5-7-28)52-67-37(23-81-52)49(78)62-33(48(77)69-43)16-27-8-10-29(71)11-9-27/h3-13,20-25,31,33-34,41,43,46,60,71,73,75H,14-19,57H2,1-2H3,(H2,58,74)(H2,59,76)(H,62,78)(H,63,79)(H,69,77)/t25-,31-,33-,34-,41-,43-,46+/m0/s1.